The van der Waals surface area contributed by atoms with Gasteiger partial charge >= 0.3 is 5.97 Å². The van der Waals surface area contributed by atoms with Crippen molar-refractivity contribution in [2.45, 2.75) is 25.2 Å². The van der Waals surface area contributed by atoms with Gasteiger partial charge in [-0.15, -0.1) is 0 Å². The number of hydrogen-bond donors (Lipinski definition) is 5. The van der Waals surface area contributed by atoms with Gasteiger partial charge in [0.1, 0.15) is 35.4 Å². The van der Waals surface area contributed by atoms with Crippen LogP contribution in [0.2, 0.25) is 0 Å². The fourth-order valence-corrected chi connectivity index (χ4v) is 1.35. The minimum Gasteiger partial charge on any atom is -0.478 e. The molecule has 0 bridgehead atoms. The van der Waals surface area contributed by atoms with Gasteiger partial charge < -0.3 is 29.9 Å². The van der Waals surface area contributed by atoms with Crippen LogP contribution in [0.5, 0.6) is 0 Å². The highest BCUT2D eigenvalue weighted by Gasteiger charge is 2.29. The molecule has 1 heterocycles. The highest BCUT2D eigenvalue weighted by atomic mass is 16.4. The second-order valence-electron chi connectivity index (χ2n) is 3.61. The van der Waals surface area contributed by atoms with Crippen LogP contribution >= 0.6 is 0 Å². The van der Waals surface area contributed by atoms with E-state index in [1.54, 1.807) is 0 Å². The highest BCUT2D eigenvalue weighted by molar-refractivity contribution is 5.88. The third kappa shape index (κ3) is 2.83. The lowest BCUT2D eigenvalue weighted by Gasteiger charge is -2.19. The van der Waals surface area contributed by atoms with Crippen molar-refractivity contribution in [3.05, 3.63) is 23.2 Å². The first-order chi connectivity index (χ1) is 7.88. The van der Waals surface area contributed by atoms with E-state index in [9.17, 15) is 15.0 Å². The molecule has 0 saturated carbocycles. The standard InChI is InChI=1S/C10H14O7/c1-4-5(10(15)16)2-7(17-4)9(14)8(13)6(12)3-11/h2,6,8-9,11-14H,3H2,1H3,(H,15,16)/t6-,8-,9+/m0/s1. The second kappa shape index (κ2) is 5.28. The average Bonchev–Trinajstić information content (AvgIpc) is 2.68. The van der Waals surface area contributed by atoms with Crippen molar-refractivity contribution in [1.82, 2.24) is 0 Å². The number of carbonyl (C=O) groups is 1. The number of hydrogen-bond acceptors (Lipinski definition) is 6. The summed E-state index contributed by atoms with van der Waals surface area (Å²) in [6.45, 7) is 0.665. The van der Waals surface area contributed by atoms with Gasteiger partial charge in [0.25, 0.3) is 0 Å². The van der Waals surface area contributed by atoms with Gasteiger partial charge in [-0.2, -0.15) is 0 Å². The summed E-state index contributed by atoms with van der Waals surface area (Å²) in [5, 5.41) is 45.5. The van der Waals surface area contributed by atoms with Crippen LogP contribution in [0, 0.1) is 6.92 Å². The Balaban J connectivity index is 2.93. The van der Waals surface area contributed by atoms with Gasteiger partial charge in [-0.25, -0.2) is 4.79 Å². The molecule has 0 aromatic carbocycles. The number of aliphatic hydroxyl groups excluding tert-OH is 4. The van der Waals surface area contributed by atoms with E-state index in [1.165, 1.54) is 6.92 Å². The molecule has 0 amide bonds. The van der Waals surface area contributed by atoms with Crippen LogP contribution < -0.4 is 0 Å². The number of rotatable bonds is 5. The maximum Gasteiger partial charge on any atom is 0.339 e. The van der Waals surface area contributed by atoms with Crippen LogP contribution in [0.3, 0.4) is 0 Å². The van der Waals surface area contributed by atoms with E-state index in [0.29, 0.717) is 0 Å². The summed E-state index contributed by atoms with van der Waals surface area (Å²) in [7, 11) is 0. The van der Waals surface area contributed by atoms with Crippen molar-refractivity contribution in [1.29, 1.82) is 0 Å². The summed E-state index contributed by atoms with van der Waals surface area (Å²) in [5.74, 6) is -1.32. The second-order valence-corrected chi connectivity index (χ2v) is 3.61. The Hall–Kier alpha value is -1.41. The van der Waals surface area contributed by atoms with Gasteiger partial charge in [0, 0.05) is 0 Å². The van der Waals surface area contributed by atoms with E-state index in [-0.39, 0.29) is 17.1 Å². The van der Waals surface area contributed by atoms with Gasteiger partial charge in [0.2, 0.25) is 0 Å². The van der Waals surface area contributed by atoms with E-state index in [4.69, 9.17) is 19.7 Å². The number of furan rings is 1. The molecule has 1 aromatic heterocycles. The molecule has 0 aliphatic carbocycles. The predicted molar refractivity (Wildman–Crippen MR) is 54.5 cm³/mol. The first-order valence-corrected chi connectivity index (χ1v) is 4.87. The zero-order chi connectivity index (χ0) is 13.2. The predicted octanol–water partition coefficient (Wildman–Crippen LogP) is -0.966. The first kappa shape index (κ1) is 13.7. The van der Waals surface area contributed by atoms with Crippen molar-refractivity contribution < 1.29 is 34.7 Å². The van der Waals surface area contributed by atoms with Crippen molar-refractivity contribution in [3.63, 3.8) is 0 Å². The van der Waals surface area contributed by atoms with Gasteiger partial charge in [0.05, 0.1) is 6.61 Å². The van der Waals surface area contributed by atoms with Crippen LogP contribution in [0.4, 0.5) is 0 Å². The molecule has 96 valence electrons. The first-order valence-electron chi connectivity index (χ1n) is 4.87. The van der Waals surface area contributed by atoms with E-state index in [2.05, 4.69) is 0 Å². The van der Waals surface area contributed by atoms with E-state index >= 15 is 0 Å². The van der Waals surface area contributed by atoms with Crippen molar-refractivity contribution >= 4 is 5.97 Å². The molecule has 0 saturated heterocycles. The Labute approximate surface area is 96.5 Å². The van der Waals surface area contributed by atoms with Gasteiger partial charge in [-0.05, 0) is 13.0 Å². The van der Waals surface area contributed by atoms with Crippen molar-refractivity contribution in [2.75, 3.05) is 6.61 Å². The number of aryl methyl sites for hydroxylation is 1. The van der Waals surface area contributed by atoms with Crippen LogP contribution in [0.15, 0.2) is 10.5 Å². The van der Waals surface area contributed by atoms with Crippen LogP contribution in [0.25, 0.3) is 0 Å². The molecule has 0 spiro atoms. The number of aliphatic hydroxyl groups is 4. The fraction of sp³-hybridized carbons (Fsp3) is 0.500. The third-order valence-corrected chi connectivity index (χ3v) is 2.36. The fourth-order valence-electron chi connectivity index (χ4n) is 1.35. The Kier molecular flexibility index (Phi) is 4.24. The Morgan fingerprint density at radius 2 is 2.00 bits per heavy atom. The molecule has 0 fully saturated rings. The quantitative estimate of drug-likeness (QED) is 0.451. The summed E-state index contributed by atoms with van der Waals surface area (Å²) in [6, 6.07) is 1.07. The number of aromatic carboxylic acids is 1. The Morgan fingerprint density at radius 1 is 1.41 bits per heavy atom. The number of carboxylic acid groups (broad SMARTS) is 1. The monoisotopic (exact) mass is 246 g/mol. The molecule has 0 unspecified atom stereocenters. The van der Waals surface area contributed by atoms with E-state index in [0.717, 1.165) is 6.07 Å². The summed E-state index contributed by atoms with van der Waals surface area (Å²) < 4.78 is 4.97. The summed E-state index contributed by atoms with van der Waals surface area (Å²) in [4.78, 5) is 10.7. The lowest BCUT2D eigenvalue weighted by Crippen LogP contribution is -2.34. The molecule has 5 N–H and O–H groups in total. The summed E-state index contributed by atoms with van der Waals surface area (Å²) in [5.41, 5.74) is -0.135. The normalized spacial score (nSPS) is 16.5. The minimum atomic E-state index is -1.66. The molecule has 1 aromatic rings. The molecule has 7 heteroatoms. The van der Waals surface area contributed by atoms with Crippen LogP contribution in [-0.4, -0.2) is 50.3 Å². The molecule has 17 heavy (non-hydrogen) atoms. The van der Waals surface area contributed by atoms with Crippen LogP contribution in [0.1, 0.15) is 28.0 Å². The van der Waals surface area contributed by atoms with E-state index in [1.807, 2.05) is 0 Å². The smallest absolute Gasteiger partial charge is 0.339 e. The lowest BCUT2D eigenvalue weighted by atomic mass is 10.1. The minimum absolute atomic E-state index is 0.0808. The van der Waals surface area contributed by atoms with Gasteiger partial charge in [-0.3, -0.25) is 0 Å². The Morgan fingerprint density at radius 3 is 2.41 bits per heavy atom. The highest BCUT2D eigenvalue weighted by Crippen LogP contribution is 2.24. The van der Waals surface area contributed by atoms with Crippen molar-refractivity contribution in [3.8, 4) is 0 Å². The molecule has 0 radical (unpaired) electrons. The maximum absolute atomic E-state index is 10.7. The molecule has 3 atom stereocenters. The van der Waals surface area contributed by atoms with E-state index < -0.39 is 30.9 Å². The Bertz CT molecular complexity index is 397. The SMILES string of the molecule is Cc1oc([C@@H](O)[C@@H](O)[C@@H](O)CO)cc1C(=O)O. The molecule has 0 aliphatic heterocycles. The average molecular weight is 246 g/mol. The maximum atomic E-state index is 10.7. The summed E-state index contributed by atoms with van der Waals surface area (Å²) >= 11 is 0. The number of carboxylic acids is 1. The molecule has 7 nitrogen and oxygen atoms in total. The molecule has 1 rings (SSSR count). The van der Waals surface area contributed by atoms with Gasteiger partial charge in [-0.1, -0.05) is 0 Å². The molecular formula is C10H14O7. The zero-order valence-electron chi connectivity index (χ0n) is 9.07. The largest absolute Gasteiger partial charge is 0.478 e. The lowest BCUT2D eigenvalue weighted by molar-refractivity contribution is -0.0837. The zero-order valence-corrected chi connectivity index (χ0v) is 9.07. The topological polar surface area (TPSA) is 131 Å². The molecular weight excluding hydrogens is 232 g/mol. The molecule has 0 aliphatic rings. The van der Waals surface area contributed by atoms with Crippen LogP contribution in [-0.2, 0) is 0 Å². The summed E-state index contributed by atoms with van der Waals surface area (Å²) in [6.07, 6.45) is -4.81. The van der Waals surface area contributed by atoms with Gasteiger partial charge in [0.15, 0.2) is 0 Å². The van der Waals surface area contributed by atoms with Crippen molar-refractivity contribution in [2.24, 2.45) is 0 Å². The third-order valence-electron chi connectivity index (χ3n) is 2.36.